The molecule has 0 aliphatic carbocycles. The largest absolute Gasteiger partial charge is 0.477 e. The molecule has 0 atom stereocenters. The van der Waals surface area contributed by atoms with Crippen molar-refractivity contribution in [3.8, 4) is 16.7 Å². The maximum atomic E-state index is 12.2. The van der Waals surface area contributed by atoms with Crippen LogP contribution in [0, 0.1) is 0 Å². The number of carboxylic acids is 1. The van der Waals surface area contributed by atoms with Crippen molar-refractivity contribution in [3.05, 3.63) is 88.5 Å². The highest BCUT2D eigenvalue weighted by Gasteiger charge is 2.14. The number of nitrogens with one attached hydrogen (secondary N) is 1. The van der Waals surface area contributed by atoms with Crippen molar-refractivity contribution in [2.45, 2.75) is 0 Å². The molecule has 0 saturated heterocycles. The van der Waals surface area contributed by atoms with E-state index >= 15 is 0 Å². The Morgan fingerprint density at radius 3 is 2.48 bits per heavy atom. The van der Waals surface area contributed by atoms with Crippen molar-refractivity contribution >= 4 is 55.4 Å². The fraction of sp³-hybridized carbons (Fsp3) is 0.0417. The van der Waals surface area contributed by atoms with Crippen LogP contribution in [0.25, 0.3) is 16.3 Å². The quantitative estimate of drug-likeness (QED) is 0.296. The van der Waals surface area contributed by atoms with Gasteiger partial charge in [-0.05, 0) is 64.0 Å². The number of carbonyl (C=O) groups excluding carboxylic acids is 1. The van der Waals surface area contributed by atoms with Gasteiger partial charge in [0.15, 0.2) is 6.61 Å². The van der Waals surface area contributed by atoms with Gasteiger partial charge in [-0.3, -0.25) is 4.79 Å². The second kappa shape index (κ2) is 10.3. The van der Waals surface area contributed by atoms with Gasteiger partial charge < -0.3 is 19.9 Å². The molecule has 1 aromatic heterocycles. The summed E-state index contributed by atoms with van der Waals surface area (Å²) in [7, 11) is 0. The Morgan fingerprint density at radius 2 is 1.76 bits per heavy atom. The van der Waals surface area contributed by atoms with Crippen LogP contribution in [0.3, 0.4) is 0 Å². The topological polar surface area (TPSA) is 97.8 Å². The first kappa shape index (κ1) is 22.5. The number of benzene rings is 3. The van der Waals surface area contributed by atoms with Gasteiger partial charge in [-0.15, -0.1) is 0 Å². The number of fused-ring (bicyclic) bond motifs is 1. The number of ether oxygens (including phenoxy) is 2. The van der Waals surface area contributed by atoms with Crippen LogP contribution in [0.2, 0.25) is 0 Å². The third-order valence-electron chi connectivity index (χ3n) is 4.36. The summed E-state index contributed by atoms with van der Waals surface area (Å²) in [5.74, 6) is -0.620. The first-order valence-electron chi connectivity index (χ1n) is 9.73. The zero-order valence-electron chi connectivity index (χ0n) is 17.0. The van der Waals surface area contributed by atoms with E-state index in [2.05, 4.69) is 26.2 Å². The van der Waals surface area contributed by atoms with Crippen molar-refractivity contribution in [3.63, 3.8) is 0 Å². The summed E-state index contributed by atoms with van der Waals surface area (Å²) in [6.45, 7) is -0.358. The highest BCUT2D eigenvalue weighted by molar-refractivity contribution is 9.10. The molecule has 33 heavy (non-hydrogen) atoms. The lowest BCUT2D eigenvalue weighted by Gasteiger charge is -2.08. The van der Waals surface area contributed by atoms with Crippen LogP contribution in [-0.4, -0.2) is 28.6 Å². The SMILES string of the molecule is O=C(COc1nc2ccccc2s1)N/C(=C/c1ccc(Oc2ccccc2Br)cc1)C(=O)O. The molecular formula is C24H17BrN2O5S. The van der Waals surface area contributed by atoms with Gasteiger partial charge in [0.1, 0.15) is 17.2 Å². The van der Waals surface area contributed by atoms with E-state index in [1.807, 2.05) is 48.5 Å². The molecule has 0 bridgehead atoms. The molecular weight excluding hydrogens is 508 g/mol. The lowest BCUT2D eigenvalue weighted by Crippen LogP contribution is -2.31. The molecule has 0 unspecified atom stereocenters. The molecule has 4 aromatic rings. The van der Waals surface area contributed by atoms with Gasteiger partial charge >= 0.3 is 5.97 Å². The van der Waals surface area contributed by atoms with Crippen molar-refractivity contribution < 1.29 is 24.2 Å². The fourth-order valence-corrected chi connectivity index (χ4v) is 4.01. The average molecular weight is 525 g/mol. The minimum Gasteiger partial charge on any atom is -0.477 e. The van der Waals surface area contributed by atoms with Crippen LogP contribution in [0.5, 0.6) is 16.7 Å². The molecule has 9 heteroatoms. The molecule has 0 saturated carbocycles. The highest BCUT2D eigenvalue weighted by atomic mass is 79.9. The third kappa shape index (κ3) is 5.97. The number of rotatable bonds is 8. The first-order valence-corrected chi connectivity index (χ1v) is 11.3. The maximum absolute atomic E-state index is 12.2. The number of halogens is 1. The van der Waals surface area contributed by atoms with Crippen LogP contribution >= 0.6 is 27.3 Å². The zero-order chi connectivity index (χ0) is 23.2. The van der Waals surface area contributed by atoms with E-state index in [0.717, 1.165) is 14.7 Å². The number of hydrogen-bond acceptors (Lipinski definition) is 6. The van der Waals surface area contributed by atoms with Gasteiger partial charge in [-0.2, -0.15) is 0 Å². The summed E-state index contributed by atoms with van der Waals surface area (Å²) in [6, 6.07) is 21.8. The minimum atomic E-state index is -1.27. The van der Waals surface area contributed by atoms with Crippen LogP contribution < -0.4 is 14.8 Å². The number of amides is 1. The van der Waals surface area contributed by atoms with E-state index in [-0.39, 0.29) is 12.3 Å². The Hall–Kier alpha value is -3.69. The first-order chi connectivity index (χ1) is 16.0. The predicted molar refractivity (Wildman–Crippen MR) is 130 cm³/mol. The number of nitrogens with zero attached hydrogens (tertiary/aromatic N) is 1. The number of aromatic nitrogens is 1. The molecule has 166 valence electrons. The van der Waals surface area contributed by atoms with E-state index < -0.39 is 11.9 Å². The Kier molecular flexibility index (Phi) is 7.01. The molecule has 0 radical (unpaired) electrons. The number of thiazole rings is 1. The summed E-state index contributed by atoms with van der Waals surface area (Å²) in [4.78, 5) is 28.1. The summed E-state index contributed by atoms with van der Waals surface area (Å²) in [5.41, 5.74) is 1.09. The number of aliphatic carboxylic acids is 1. The molecule has 3 aromatic carbocycles. The summed E-state index contributed by atoms with van der Waals surface area (Å²) >= 11 is 4.73. The Bertz CT molecular complexity index is 1300. The maximum Gasteiger partial charge on any atom is 0.352 e. The van der Waals surface area contributed by atoms with Crippen molar-refractivity contribution in [2.75, 3.05) is 6.61 Å². The number of carbonyl (C=O) groups is 2. The number of carboxylic acid groups (broad SMARTS) is 1. The highest BCUT2D eigenvalue weighted by Crippen LogP contribution is 2.29. The molecule has 0 aliphatic heterocycles. The zero-order valence-corrected chi connectivity index (χ0v) is 19.4. The molecule has 1 heterocycles. The van der Waals surface area contributed by atoms with Gasteiger partial charge in [-0.1, -0.05) is 47.7 Å². The molecule has 1 amide bonds. The van der Waals surface area contributed by atoms with E-state index in [4.69, 9.17) is 9.47 Å². The van der Waals surface area contributed by atoms with Gasteiger partial charge in [0.2, 0.25) is 0 Å². The predicted octanol–water partition coefficient (Wildman–Crippen LogP) is 5.47. The lowest BCUT2D eigenvalue weighted by molar-refractivity contribution is -0.134. The molecule has 7 nitrogen and oxygen atoms in total. The van der Waals surface area contributed by atoms with Crippen LogP contribution in [0.15, 0.2) is 83.0 Å². The van der Waals surface area contributed by atoms with Crippen LogP contribution in [0.1, 0.15) is 5.56 Å². The fourth-order valence-electron chi connectivity index (χ4n) is 2.83. The van der Waals surface area contributed by atoms with Crippen molar-refractivity contribution in [1.29, 1.82) is 0 Å². The summed E-state index contributed by atoms with van der Waals surface area (Å²) in [6.07, 6.45) is 1.36. The molecule has 4 rings (SSSR count). The van der Waals surface area contributed by atoms with E-state index in [9.17, 15) is 14.7 Å². The molecule has 0 spiro atoms. The molecule has 0 fully saturated rings. The standard InChI is InChI=1S/C24H17BrN2O5S/c25-17-5-1-3-7-20(17)32-16-11-9-15(10-12-16)13-19(23(29)30)26-22(28)14-31-24-27-18-6-2-4-8-21(18)33-24/h1-13H,14H2,(H,26,28)(H,29,30)/b19-13+. The van der Waals surface area contributed by atoms with Crippen molar-refractivity contribution in [1.82, 2.24) is 10.3 Å². The minimum absolute atomic E-state index is 0.271. The van der Waals surface area contributed by atoms with E-state index in [0.29, 0.717) is 22.3 Å². The lowest BCUT2D eigenvalue weighted by atomic mass is 10.2. The number of para-hydroxylation sites is 2. The monoisotopic (exact) mass is 524 g/mol. The summed E-state index contributed by atoms with van der Waals surface area (Å²) in [5, 5.41) is 12.2. The average Bonchev–Trinajstić information content (AvgIpc) is 3.23. The molecule has 2 N–H and O–H groups in total. The third-order valence-corrected chi connectivity index (χ3v) is 5.97. The smallest absolute Gasteiger partial charge is 0.352 e. The Labute approximate surface area is 201 Å². The van der Waals surface area contributed by atoms with Gasteiger partial charge in [-0.25, -0.2) is 9.78 Å². The summed E-state index contributed by atoms with van der Waals surface area (Å²) < 4.78 is 13.0. The van der Waals surface area contributed by atoms with Gasteiger partial charge in [0.25, 0.3) is 11.1 Å². The van der Waals surface area contributed by atoms with Crippen LogP contribution in [0.4, 0.5) is 0 Å². The van der Waals surface area contributed by atoms with Gasteiger partial charge in [0, 0.05) is 0 Å². The normalized spacial score (nSPS) is 11.2. The Balaban J connectivity index is 1.38. The second-order valence-electron chi connectivity index (χ2n) is 6.75. The van der Waals surface area contributed by atoms with E-state index in [1.165, 1.54) is 17.4 Å². The second-order valence-corrected chi connectivity index (χ2v) is 8.60. The van der Waals surface area contributed by atoms with Gasteiger partial charge in [0.05, 0.1) is 14.7 Å². The van der Waals surface area contributed by atoms with Crippen molar-refractivity contribution in [2.24, 2.45) is 0 Å². The number of hydrogen-bond donors (Lipinski definition) is 2. The van der Waals surface area contributed by atoms with Crippen LogP contribution in [-0.2, 0) is 9.59 Å². The van der Waals surface area contributed by atoms with E-state index in [1.54, 1.807) is 24.3 Å². The Morgan fingerprint density at radius 1 is 1.03 bits per heavy atom. The molecule has 0 aliphatic rings.